The van der Waals surface area contributed by atoms with Gasteiger partial charge in [-0.25, -0.2) is 0 Å². The van der Waals surface area contributed by atoms with Crippen molar-refractivity contribution in [3.05, 3.63) is 48.5 Å². The number of benzene rings is 2. The third kappa shape index (κ3) is 3.65. The molecule has 2 aromatic rings. The van der Waals surface area contributed by atoms with E-state index in [4.69, 9.17) is 9.47 Å². The number of hydrogen-bond acceptors (Lipinski definition) is 3. The molecule has 0 fully saturated rings. The van der Waals surface area contributed by atoms with E-state index in [1.165, 1.54) is 0 Å². The smallest absolute Gasteiger partial charge is 0.146 e. The molecule has 0 heterocycles. The molecule has 0 aromatic heterocycles. The molecular formula is C16H19NO2. The number of hydrogen-bond donors (Lipinski definition) is 1. The third-order valence-corrected chi connectivity index (χ3v) is 2.62. The van der Waals surface area contributed by atoms with Crippen LogP contribution in [0.4, 0.5) is 11.4 Å². The van der Waals surface area contributed by atoms with Gasteiger partial charge in [-0.2, -0.15) is 0 Å². The molecule has 2 aromatic carbocycles. The van der Waals surface area contributed by atoms with Crippen molar-refractivity contribution in [1.82, 2.24) is 0 Å². The van der Waals surface area contributed by atoms with Crippen molar-refractivity contribution in [1.29, 1.82) is 0 Å². The SMILES string of the molecule is CCOc1ccc(Nc2ccccc2)c(OCC)c1. The second kappa shape index (κ2) is 6.69. The first-order valence-corrected chi connectivity index (χ1v) is 6.55. The van der Waals surface area contributed by atoms with Crippen LogP contribution in [0.15, 0.2) is 48.5 Å². The molecule has 0 bridgehead atoms. The van der Waals surface area contributed by atoms with Crippen LogP contribution >= 0.6 is 0 Å². The van der Waals surface area contributed by atoms with E-state index in [2.05, 4.69) is 5.32 Å². The Bertz CT molecular complexity index is 511. The second-order valence-corrected chi connectivity index (χ2v) is 4.02. The largest absolute Gasteiger partial charge is 0.494 e. The van der Waals surface area contributed by atoms with Crippen molar-refractivity contribution in [2.75, 3.05) is 18.5 Å². The zero-order chi connectivity index (χ0) is 13.5. The van der Waals surface area contributed by atoms with Crippen LogP contribution in [-0.4, -0.2) is 13.2 Å². The highest BCUT2D eigenvalue weighted by atomic mass is 16.5. The molecule has 1 N–H and O–H groups in total. The van der Waals surface area contributed by atoms with Gasteiger partial charge in [-0.05, 0) is 38.1 Å². The lowest BCUT2D eigenvalue weighted by atomic mass is 10.2. The normalized spacial score (nSPS) is 10.0. The van der Waals surface area contributed by atoms with E-state index in [0.717, 1.165) is 22.9 Å². The molecule has 0 atom stereocenters. The summed E-state index contributed by atoms with van der Waals surface area (Å²) in [6, 6.07) is 15.9. The number of nitrogens with one attached hydrogen (secondary N) is 1. The standard InChI is InChI=1S/C16H19NO2/c1-3-18-14-10-11-15(16(12-14)19-4-2)17-13-8-6-5-7-9-13/h5-12,17H,3-4H2,1-2H3. The second-order valence-electron chi connectivity index (χ2n) is 4.02. The van der Waals surface area contributed by atoms with E-state index in [9.17, 15) is 0 Å². The van der Waals surface area contributed by atoms with Crippen LogP contribution in [0.5, 0.6) is 11.5 Å². The van der Waals surface area contributed by atoms with Gasteiger partial charge >= 0.3 is 0 Å². The maximum atomic E-state index is 5.65. The highest BCUT2D eigenvalue weighted by molar-refractivity contribution is 5.67. The molecule has 19 heavy (non-hydrogen) atoms. The molecule has 0 unspecified atom stereocenters. The fraction of sp³-hybridized carbons (Fsp3) is 0.250. The van der Waals surface area contributed by atoms with E-state index in [0.29, 0.717) is 13.2 Å². The summed E-state index contributed by atoms with van der Waals surface area (Å²) in [5, 5.41) is 3.35. The maximum Gasteiger partial charge on any atom is 0.146 e. The maximum absolute atomic E-state index is 5.65. The van der Waals surface area contributed by atoms with E-state index in [-0.39, 0.29) is 0 Å². The zero-order valence-corrected chi connectivity index (χ0v) is 11.3. The van der Waals surface area contributed by atoms with Crippen LogP contribution in [0.2, 0.25) is 0 Å². The van der Waals surface area contributed by atoms with Crippen LogP contribution in [0.1, 0.15) is 13.8 Å². The molecule has 0 radical (unpaired) electrons. The summed E-state index contributed by atoms with van der Waals surface area (Å²) >= 11 is 0. The lowest BCUT2D eigenvalue weighted by Gasteiger charge is -2.14. The quantitative estimate of drug-likeness (QED) is 0.840. The van der Waals surface area contributed by atoms with E-state index >= 15 is 0 Å². The molecule has 2 rings (SSSR count). The highest BCUT2D eigenvalue weighted by Crippen LogP contribution is 2.31. The van der Waals surface area contributed by atoms with Gasteiger partial charge in [-0.1, -0.05) is 18.2 Å². The molecule has 0 aliphatic heterocycles. The Morgan fingerprint density at radius 1 is 0.895 bits per heavy atom. The Hall–Kier alpha value is -2.16. The summed E-state index contributed by atoms with van der Waals surface area (Å²) in [6.07, 6.45) is 0. The molecular weight excluding hydrogens is 238 g/mol. The van der Waals surface area contributed by atoms with E-state index < -0.39 is 0 Å². The number of anilines is 2. The molecule has 0 saturated carbocycles. The molecule has 0 spiro atoms. The summed E-state index contributed by atoms with van der Waals surface area (Å²) in [5.74, 6) is 1.63. The average Bonchev–Trinajstić information content (AvgIpc) is 2.43. The first-order chi connectivity index (χ1) is 9.33. The zero-order valence-electron chi connectivity index (χ0n) is 11.3. The van der Waals surface area contributed by atoms with Crippen LogP contribution in [-0.2, 0) is 0 Å². The van der Waals surface area contributed by atoms with Crippen molar-refractivity contribution in [2.24, 2.45) is 0 Å². The fourth-order valence-electron chi connectivity index (χ4n) is 1.81. The van der Waals surface area contributed by atoms with Gasteiger partial charge in [0, 0.05) is 11.8 Å². The van der Waals surface area contributed by atoms with Gasteiger partial charge in [0.15, 0.2) is 0 Å². The highest BCUT2D eigenvalue weighted by Gasteiger charge is 2.06. The molecule has 100 valence electrons. The minimum atomic E-state index is 0.624. The van der Waals surface area contributed by atoms with Crippen molar-refractivity contribution >= 4 is 11.4 Å². The molecule has 0 saturated heterocycles. The first kappa shape index (κ1) is 13.3. The first-order valence-electron chi connectivity index (χ1n) is 6.55. The number of ether oxygens (including phenoxy) is 2. The fourth-order valence-corrected chi connectivity index (χ4v) is 1.81. The van der Waals surface area contributed by atoms with Crippen molar-refractivity contribution in [3.63, 3.8) is 0 Å². The number of rotatable bonds is 6. The van der Waals surface area contributed by atoms with Crippen molar-refractivity contribution < 1.29 is 9.47 Å². The van der Waals surface area contributed by atoms with E-state index in [1.54, 1.807) is 0 Å². The Balaban J connectivity index is 2.23. The minimum Gasteiger partial charge on any atom is -0.494 e. The Morgan fingerprint density at radius 3 is 2.32 bits per heavy atom. The lowest BCUT2D eigenvalue weighted by Crippen LogP contribution is -1.99. The molecule has 3 nitrogen and oxygen atoms in total. The van der Waals surface area contributed by atoms with Gasteiger partial charge in [-0.15, -0.1) is 0 Å². The summed E-state index contributed by atoms with van der Waals surface area (Å²) in [7, 11) is 0. The summed E-state index contributed by atoms with van der Waals surface area (Å²) < 4.78 is 11.1. The Morgan fingerprint density at radius 2 is 1.63 bits per heavy atom. The predicted octanol–water partition coefficient (Wildman–Crippen LogP) is 4.23. The van der Waals surface area contributed by atoms with Gasteiger partial charge in [0.25, 0.3) is 0 Å². The van der Waals surface area contributed by atoms with Gasteiger partial charge < -0.3 is 14.8 Å². The molecule has 3 heteroatoms. The summed E-state index contributed by atoms with van der Waals surface area (Å²) in [6.45, 7) is 5.21. The Kier molecular flexibility index (Phi) is 4.67. The molecule has 0 amide bonds. The summed E-state index contributed by atoms with van der Waals surface area (Å²) in [4.78, 5) is 0. The van der Waals surface area contributed by atoms with Crippen LogP contribution in [0.25, 0.3) is 0 Å². The minimum absolute atomic E-state index is 0.624. The predicted molar refractivity (Wildman–Crippen MR) is 78.5 cm³/mol. The third-order valence-electron chi connectivity index (χ3n) is 2.62. The summed E-state index contributed by atoms with van der Waals surface area (Å²) in [5.41, 5.74) is 1.98. The molecule has 0 aliphatic carbocycles. The van der Waals surface area contributed by atoms with Crippen LogP contribution in [0.3, 0.4) is 0 Å². The van der Waals surface area contributed by atoms with E-state index in [1.807, 2.05) is 62.4 Å². The van der Waals surface area contributed by atoms with Gasteiger partial charge in [0.05, 0.1) is 18.9 Å². The van der Waals surface area contributed by atoms with Crippen LogP contribution in [0, 0.1) is 0 Å². The van der Waals surface area contributed by atoms with Crippen molar-refractivity contribution in [2.45, 2.75) is 13.8 Å². The van der Waals surface area contributed by atoms with Gasteiger partial charge in [0.2, 0.25) is 0 Å². The topological polar surface area (TPSA) is 30.5 Å². The Labute approximate surface area is 114 Å². The van der Waals surface area contributed by atoms with Gasteiger partial charge in [0.1, 0.15) is 11.5 Å². The number of para-hydroxylation sites is 1. The average molecular weight is 257 g/mol. The van der Waals surface area contributed by atoms with Crippen LogP contribution < -0.4 is 14.8 Å². The monoisotopic (exact) mass is 257 g/mol. The lowest BCUT2D eigenvalue weighted by molar-refractivity contribution is 0.324. The molecule has 0 aliphatic rings. The van der Waals surface area contributed by atoms with Gasteiger partial charge in [-0.3, -0.25) is 0 Å². The van der Waals surface area contributed by atoms with Crippen molar-refractivity contribution in [3.8, 4) is 11.5 Å².